The minimum absolute atomic E-state index is 0.0479. The second-order valence-corrected chi connectivity index (χ2v) is 3.54. The molecule has 1 aliphatic heterocycles. The number of hydrogen-bond donors (Lipinski definition) is 0. The number of nitrogens with zero attached hydrogens (tertiary/aromatic N) is 1. The Morgan fingerprint density at radius 3 is 2.41 bits per heavy atom. The summed E-state index contributed by atoms with van der Waals surface area (Å²) in [4.78, 5) is 14.4. The van der Waals surface area contributed by atoms with Crippen molar-refractivity contribution in [1.29, 1.82) is 0 Å². The first-order valence-corrected chi connectivity index (χ1v) is 4.85. The molecule has 1 aromatic rings. The minimum Gasteiger partial charge on any atom is -0.425 e. The molecule has 17 heavy (non-hydrogen) atoms. The Hall–Kier alpha value is -1.85. The number of ether oxygens (including phenoxy) is 1. The number of hydrogen-bond acceptors (Lipinski definition) is 3. The molecular weight excluding hydrogens is 235 g/mol. The van der Waals surface area contributed by atoms with Gasteiger partial charge in [0.25, 0.3) is 6.23 Å². The van der Waals surface area contributed by atoms with Crippen molar-refractivity contribution in [3.05, 3.63) is 35.9 Å². The van der Waals surface area contributed by atoms with E-state index in [1.807, 2.05) is 0 Å². The van der Waals surface area contributed by atoms with Gasteiger partial charge < -0.3 is 4.74 Å². The Balaban J connectivity index is 2.14. The van der Waals surface area contributed by atoms with Crippen LogP contribution in [-0.2, 0) is 16.0 Å². The number of esters is 1. The molecule has 1 atom stereocenters. The lowest BCUT2D eigenvalue weighted by Gasteiger charge is -2.09. The normalized spacial score (nSPS) is 20.1. The summed E-state index contributed by atoms with van der Waals surface area (Å²) in [6.45, 7) is 0. The maximum absolute atomic E-state index is 12.3. The van der Waals surface area contributed by atoms with Crippen LogP contribution < -0.4 is 0 Å². The molecule has 0 aliphatic carbocycles. The average Bonchev–Trinajstić information content (AvgIpc) is 2.62. The highest BCUT2D eigenvalue weighted by atomic mass is 19.4. The van der Waals surface area contributed by atoms with Crippen LogP contribution in [0.4, 0.5) is 13.2 Å². The fourth-order valence-corrected chi connectivity index (χ4v) is 1.44. The maximum atomic E-state index is 12.3. The minimum atomic E-state index is -4.64. The summed E-state index contributed by atoms with van der Waals surface area (Å²) < 4.78 is 40.9. The number of rotatable bonds is 2. The number of halogens is 3. The van der Waals surface area contributed by atoms with Crippen molar-refractivity contribution < 1.29 is 22.7 Å². The number of carbonyl (C=O) groups is 1. The molecule has 3 nitrogen and oxygen atoms in total. The van der Waals surface area contributed by atoms with E-state index in [4.69, 9.17) is 0 Å². The second-order valence-electron chi connectivity index (χ2n) is 3.54. The summed E-state index contributed by atoms with van der Waals surface area (Å²) in [6.07, 6.45) is -6.95. The van der Waals surface area contributed by atoms with E-state index in [0.717, 1.165) is 0 Å². The highest BCUT2D eigenvalue weighted by Gasteiger charge is 2.47. The van der Waals surface area contributed by atoms with E-state index in [2.05, 4.69) is 9.73 Å². The van der Waals surface area contributed by atoms with Crippen molar-refractivity contribution >= 4 is 11.7 Å². The molecule has 0 radical (unpaired) electrons. The summed E-state index contributed by atoms with van der Waals surface area (Å²) in [6, 6.07) is 8.65. The molecule has 1 heterocycles. The molecule has 1 aromatic carbocycles. The van der Waals surface area contributed by atoms with Crippen LogP contribution in [0.1, 0.15) is 5.56 Å². The predicted molar refractivity (Wildman–Crippen MR) is 53.5 cm³/mol. The monoisotopic (exact) mass is 243 g/mol. The molecular formula is C11H8F3NO2. The standard InChI is InChI=1S/C11H8F3NO2/c12-11(13,14)10-15-8(9(16)17-10)6-7-4-2-1-3-5-7/h1-5,10H,6H2/t10-/m0/s1. The van der Waals surface area contributed by atoms with Crippen LogP contribution in [0.3, 0.4) is 0 Å². The Morgan fingerprint density at radius 2 is 1.88 bits per heavy atom. The first-order valence-electron chi connectivity index (χ1n) is 4.85. The highest BCUT2D eigenvalue weighted by molar-refractivity contribution is 6.38. The van der Waals surface area contributed by atoms with Gasteiger partial charge in [0.2, 0.25) is 0 Å². The molecule has 0 amide bonds. The third-order valence-electron chi connectivity index (χ3n) is 2.22. The molecule has 90 valence electrons. The van der Waals surface area contributed by atoms with Gasteiger partial charge in [0.15, 0.2) is 0 Å². The van der Waals surface area contributed by atoms with Gasteiger partial charge in [0.05, 0.1) is 0 Å². The third-order valence-corrected chi connectivity index (χ3v) is 2.22. The fraction of sp³-hybridized carbons (Fsp3) is 0.273. The van der Waals surface area contributed by atoms with Crippen LogP contribution in [0.2, 0.25) is 0 Å². The van der Waals surface area contributed by atoms with Gasteiger partial charge in [-0.25, -0.2) is 9.79 Å². The number of carbonyl (C=O) groups excluding carboxylic acids is 1. The molecule has 0 aromatic heterocycles. The van der Waals surface area contributed by atoms with Crippen LogP contribution in [-0.4, -0.2) is 24.1 Å². The van der Waals surface area contributed by atoms with Crippen molar-refractivity contribution in [1.82, 2.24) is 0 Å². The van der Waals surface area contributed by atoms with Gasteiger partial charge in [-0.2, -0.15) is 13.2 Å². The van der Waals surface area contributed by atoms with E-state index in [0.29, 0.717) is 5.56 Å². The Bertz CT molecular complexity index is 454. The number of benzene rings is 1. The summed E-state index contributed by atoms with van der Waals surface area (Å²) in [5.41, 5.74) is 0.518. The van der Waals surface area contributed by atoms with Crippen LogP contribution >= 0.6 is 0 Å². The van der Waals surface area contributed by atoms with Gasteiger partial charge in [-0.15, -0.1) is 0 Å². The molecule has 0 N–H and O–H groups in total. The van der Waals surface area contributed by atoms with Crippen molar-refractivity contribution in [3.8, 4) is 0 Å². The van der Waals surface area contributed by atoms with E-state index >= 15 is 0 Å². The summed E-state index contributed by atoms with van der Waals surface area (Å²) in [5, 5.41) is 0. The molecule has 1 aliphatic rings. The van der Waals surface area contributed by atoms with Crippen molar-refractivity contribution in [2.75, 3.05) is 0 Å². The van der Waals surface area contributed by atoms with E-state index in [-0.39, 0.29) is 12.1 Å². The first kappa shape index (κ1) is 11.6. The maximum Gasteiger partial charge on any atom is 0.447 e. The average molecular weight is 243 g/mol. The van der Waals surface area contributed by atoms with Gasteiger partial charge in [-0.3, -0.25) is 0 Å². The van der Waals surface area contributed by atoms with Crippen LogP contribution in [0.15, 0.2) is 35.3 Å². The number of cyclic esters (lactones) is 1. The lowest BCUT2D eigenvalue weighted by atomic mass is 10.1. The molecule has 6 heteroatoms. The van der Waals surface area contributed by atoms with Gasteiger partial charge in [-0.05, 0) is 5.56 Å². The third kappa shape index (κ3) is 2.64. The number of aliphatic imine (C=N–C) groups is 1. The predicted octanol–water partition coefficient (Wildman–Crippen LogP) is 2.12. The zero-order valence-electron chi connectivity index (χ0n) is 8.57. The highest BCUT2D eigenvalue weighted by Crippen LogP contribution is 2.27. The van der Waals surface area contributed by atoms with Crippen molar-refractivity contribution in [3.63, 3.8) is 0 Å². The molecule has 0 saturated heterocycles. The van der Waals surface area contributed by atoms with Gasteiger partial charge >= 0.3 is 12.1 Å². The van der Waals surface area contributed by atoms with Crippen LogP contribution in [0.5, 0.6) is 0 Å². The SMILES string of the molecule is O=C1O[C@@H](C(F)(F)F)N=C1Cc1ccccc1. The molecule has 0 bridgehead atoms. The van der Waals surface area contributed by atoms with E-state index in [1.165, 1.54) is 0 Å². The molecule has 0 saturated carbocycles. The van der Waals surface area contributed by atoms with Crippen LogP contribution in [0.25, 0.3) is 0 Å². The lowest BCUT2D eigenvalue weighted by Crippen LogP contribution is -2.27. The zero-order chi connectivity index (χ0) is 12.5. The largest absolute Gasteiger partial charge is 0.447 e. The van der Waals surface area contributed by atoms with E-state index in [1.54, 1.807) is 30.3 Å². The van der Waals surface area contributed by atoms with E-state index in [9.17, 15) is 18.0 Å². The van der Waals surface area contributed by atoms with Crippen LogP contribution in [0, 0.1) is 0 Å². The quantitative estimate of drug-likeness (QED) is 0.746. The van der Waals surface area contributed by atoms with Gasteiger partial charge in [0, 0.05) is 6.42 Å². The summed E-state index contributed by atoms with van der Waals surface area (Å²) >= 11 is 0. The smallest absolute Gasteiger partial charge is 0.425 e. The fourth-order valence-electron chi connectivity index (χ4n) is 1.44. The summed E-state index contributed by atoms with van der Waals surface area (Å²) in [5.74, 6) is -1.00. The second kappa shape index (κ2) is 4.20. The lowest BCUT2D eigenvalue weighted by molar-refractivity contribution is -0.210. The van der Waals surface area contributed by atoms with Gasteiger partial charge in [0.1, 0.15) is 5.71 Å². The number of alkyl halides is 3. The molecule has 0 unspecified atom stereocenters. The topological polar surface area (TPSA) is 38.7 Å². The Kier molecular flexibility index (Phi) is 2.87. The van der Waals surface area contributed by atoms with Crippen molar-refractivity contribution in [2.24, 2.45) is 4.99 Å². The Morgan fingerprint density at radius 1 is 1.24 bits per heavy atom. The van der Waals surface area contributed by atoms with E-state index < -0.39 is 18.4 Å². The molecule has 0 fully saturated rings. The zero-order valence-corrected chi connectivity index (χ0v) is 8.57. The van der Waals surface area contributed by atoms with Crippen molar-refractivity contribution in [2.45, 2.75) is 18.8 Å². The Labute approximate surface area is 94.9 Å². The molecule has 2 rings (SSSR count). The first-order chi connectivity index (χ1) is 7.97. The molecule has 0 spiro atoms. The summed E-state index contributed by atoms with van der Waals surface area (Å²) in [7, 11) is 0. The van der Waals surface area contributed by atoms with Gasteiger partial charge in [-0.1, -0.05) is 30.3 Å².